The zero-order valence-electron chi connectivity index (χ0n) is 12.4. The first-order chi connectivity index (χ1) is 10.8. The van der Waals surface area contributed by atoms with E-state index in [-0.39, 0.29) is 0 Å². The van der Waals surface area contributed by atoms with Gasteiger partial charge in [0.1, 0.15) is 5.75 Å². The Morgan fingerprint density at radius 2 is 1.64 bits per heavy atom. The van der Waals surface area contributed by atoms with Gasteiger partial charge in [0, 0.05) is 23.6 Å². The summed E-state index contributed by atoms with van der Waals surface area (Å²) in [6, 6.07) is 21.5. The second-order valence-electron chi connectivity index (χ2n) is 5.10. The van der Waals surface area contributed by atoms with Gasteiger partial charge in [0.15, 0.2) is 6.20 Å². The van der Waals surface area contributed by atoms with Crippen LogP contribution in [0.2, 0.25) is 0 Å². The molecule has 3 heteroatoms. The Hall–Kier alpha value is -2.81. The Bertz CT molecular complexity index is 752. The highest BCUT2D eigenvalue weighted by Gasteiger charge is 2.15. The fraction of sp³-hybridized carbons (Fsp3) is 0.105. The second kappa shape index (κ2) is 6.31. The maximum atomic E-state index is 12.3. The molecule has 22 heavy (non-hydrogen) atoms. The maximum Gasteiger partial charge on any atom is 0.227 e. The van der Waals surface area contributed by atoms with Crippen LogP contribution < -0.4 is 9.47 Å². The molecule has 0 saturated heterocycles. The van der Waals surface area contributed by atoms with Crippen LogP contribution in [0.4, 0.5) is 0 Å². The van der Waals surface area contributed by atoms with Gasteiger partial charge in [-0.2, -0.15) is 4.73 Å². The van der Waals surface area contributed by atoms with Crippen LogP contribution in [0.5, 0.6) is 5.75 Å². The molecule has 0 saturated carbocycles. The normalized spacial score (nSPS) is 10.4. The summed E-state index contributed by atoms with van der Waals surface area (Å²) in [5.41, 5.74) is 3.77. The van der Waals surface area contributed by atoms with E-state index in [9.17, 15) is 5.21 Å². The van der Waals surface area contributed by atoms with E-state index >= 15 is 0 Å². The lowest BCUT2D eigenvalue weighted by Gasteiger charge is -2.10. The molecule has 0 fully saturated rings. The molecule has 0 aliphatic carbocycles. The minimum atomic E-state index is 0.689. The van der Waals surface area contributed by atoms with Gasteiger partial charge in [0.2, 0.25) is 5.69 Å². The van der Waals surface area contributed by atoms with Crippen LogP contribution in [0, 0.1) is 5.21 Å². The quantitative estimate of drug-likeness (QED) is 0.544. The van der Waals surface area contributed by atoms with Crippen LogP contribution in [0.15, 0.2) is 72.9 Å². The summed E-state index contributed by atoms with van der Waals surface area (Å²) in [5.74, 6) is 0.779. The van der Waals surface area contributed by atoms with Gasteiger partial charge in [-0.25, -0.2) is 0 Å². The van der Waals surface area contributed by atoms with Crippen LogP contribution in [0.25, 0.3) is 11.3 Å². The monoisotopic (exact) mass is 291 g/mol. The van der Waals surface area contributed by atoms with Crippen molar-refractivity contribution < 1.29 is 9.47 Å². The summed E-state index contributed by atoms with van der Waals surface area (Å²) in [7, 11) is 1.63. The number of ether oxygens (including phenoxy) is 1. The molecule has 0 spiro atoms. The standard InChI is InChI=1S/C19H17NO2/c1-22-18-11-9-16(10-12-18)19-17(8-5-13-20(19)21)14-15-6-3-2-4-7-15/h2-13H,14H2,1H3. The smallest absolute Gasteiger partial charge is 0.227 e. The van der Waals surface area contributed by atoms with Crippen molar-refractivity contribution in [2.24, 2.45) is 0 Å². The van der Waals surface area contributed by atoms with Gasteiger partial charge in [-0.1, -0.05) is 30.3 Å². The third-order valence-corrected chi connectivity index (χ3v) is 3.64. The van der Waals surface area contributed by atoms with Crippen molar-refractivity contribution in [3.05, 3.63) is 89.3 Å². The van der Waals surface area contributed by atoms with Crippen molar-refractivity contribution in [2.75, 3.05) is 7.11 Å². The summed E-state index contributed by atoms with van der Waals surface area (Å²) in [5, 5.41) is 12.3. The average Bonchev–Trinajstić information content (AvgIpc) is 2.56. The predicted octanol–water partition coefficient (Wildman–Crippen LogP) is 3.59. The number of benzene rings is 2. The van der Waals surface area contributed by atoms with Crippen LogP contribution in [0.1, 0.15) is 11.1 Å². The number of pyridine rings is 1. The molecule has 3 nitrogen and oxygen atoms in total. The maximum absolute atomic E-state index is 12.3. The number of nitrogens with zero attached hydrogens (tertiary/aromatic N) is 1. The van der Waals surface area contributed by atoms with E-state index in [4.69, 9.17) is 4.74 Å². The van der Waals surface area contributed by atoms with Gasteiger partial charge >= 0.3 is 0 Å². The van der Waals surface area contributed by atoms with E-state index in [2.05, 4.69) is 12.1 Å². The highest BCUT2D eigenvalue weighted by atomic mass is 16.5. The van der Waals surface area contributed by atoms with Gasteiger partial charge in [0.05, 0.1) is 7.11 Å². The molecule has 0 aliphatic heterocycles. The number of rotatable bonds is 4. The molecule has 1 heterocycles. The van der Waals surface area contributed by atoms with Crippen molar-refractivity contribution in [1.29, 1.82) is 0 Å². The first-order valence-electron chi connectivity index (χ1n) is 7.17. The summed E-state index contributed by atoms with van der Waals surface area (Å²) >= 11 is 0. The predicted molar refractivity (Wildman–Crippen MR) is 86.6 cm³/mol. The fourth-order valence-electron chi connectivity index (χ4n) is 2.55. The average molecular weight is 291 g/mol. The lowest BCUT2D eigenvalue weighted by Crippen LogP contribution is -2.29. The highest BCUT2D eigenvalue weighted by molar-refractivity contribution is 5.61. The number of hydrogen-bond acceptors (Lipinski definition) is 2. The molecule has 0 atom stereocenters. The van der Waals surface area contributed by atoms with Crippen LogP contribution >= 0.6 is 0 Å². The zero-order valence-corrected chi connectivity index (χ0v) is 12.4. The first kappa shape index (κ1) is 14.1. The molecule has 0 amide bonds. The van der Waals surface area contributed by atoms with E-state index in [1.54, 1.807) is 13.2 Å². The number of hydrogen-bond donors (Lipinski definition) is 0. The fourth-order valence-corrected chi connectivity index (χ4v) is 2.55. The first-order valence-corrected chi connectivity index (χ1v) is 7.17. The number of aromatic nitrogens is 1. The van der Waals surface area contributed by atoms with Gasteiger partial charge in [-0.15, -0.1) is 0 Å². The van der Waals surface area contributed by atoms with Crippen LogP contribution in [-0.4, -0.2) is 7.11 Å². The molecule has 0 bridgehead atoms. The molecule has 110 valence electrons. The molecular weight excluding hydrogens is 274 g/mol. The van der Waals surface area contributed by atoms with E-state index in [1.807, 2.05) is 48.5 Å². The SMILES string of the molecule is COc1ccc(-c2c(Cc3ccccc3)ccc[n+]2[O-])cc1. The van der Waals surface area contributed by atoms with Crippen molar-refractivity contribution in [3.8, 4) is 17.0 Å². The Labute approximate surface area is 130 Å². The van der Waals surface area contributed by atoms with Gasteiger partial charge < -0.3 is 9.94 Å². The van der Waals surface area contributed by atoms with E-state index in [1.165, 1.54) is 11.8 Å². The van der Waals surface area contributed by atoms with Crippen LogP contribution in [-0.2, 0) is 6.42 Å². The van der Waals surface area contributed by atoms with E-state index in [0.717, 1.165) is 28.0 Å². The van der Waals surface area contributed by atoms with Crippen molar-refractivity contribution >= 4 is 0 Å². The third kappa shape index (κ3) is 2.93. The lowest BCUT2D eigenvalue weighted by atomic mass is 9.99. The molecule has 3 rings (SSSR count). The number of methoxy groups -OCH3 is 1. The Balaban J connectivity index is 2.02. The molecule has 2 aromatic carbocycles. The molecule has 3 aromatic rings. The summed E-state index contributed by atoms with van der Waals surface area (Å²) in [6.45, 7) is 0. The molecule has 0 N–H and O–H groups in total. The molecular formula is C19H17NO2. The zero-order chi connectivity index (χ0) is 15.4. The van der Waals surface area contributed by atoms with E-state index in [0.29, 0.717) is 5.69 Å². The molecule has 0 unspecified atom stereocenters. The van der Waals surface area contributed by atoms with E-state index < -0.39 is 0 Å². The molecule has 1 aromatic heterocycles. The minimum Gasteiger partial charge on any atom is -0.618 e. The highest BCUT2D eigenvalue weighted by Crippen LogP contribution is 2.24. The lowest BCUT2D eigenvalue weighted by molar-refractivity contribution is -0.594. The minimum absolute atomic E-state index is 0.689. The van der Waals surface area contributed by atoms with Crippen LogP contribution in [0.3, 0.4) is 0 Å². The van der Waals surface area contributed by atoms with Gasteiger partial charge in [0.25, 0.3) is 0 Å². The summed E-state index contributed by atoms with van der Waals surface area (Å²) in [4.78, 5) is 0. The largest absolute Gasteiger partial charge is 0.618 e. The van der Waals surface area contributed by atoms with Crippen molar-refractivity contribution in [3.63, 3.8) is 0 Å². The Morgan fingerprint density at radius 3 is 2.32 bits per heavy atom. The van der Waals surface area contributed by atoms with Gasteiger partial charge in [-0.05, 0) is 35.9 Å². The summed E-state index contributed by atoms with van der Waals surface area (Å²) in [6.07, 6.45) is 2.26. The molecule has 0 radical (unpaired) electrons. The topological polar surface area (TPSA) is 36.2 Å². The Morgan fingerprint density at radius 1 is 0.909 bits per heavy atom. The third-order valence-electron chi connectivity index (χ3n) is 3.64. The summed E-state index contributed by atoms with van der Waals surface area (Å²) < 4.78 is 6.11. The van der Waals surface area contributed by atoms with Crippen molar-refractivity contribution in [2.45, 2.75) is 6.42 Å². The Kier molecular flexibility index (Phi) is 4.05. The second-order valence-corrected chi connectivity index (χ2v) is 5.10. The molecule has 0 aliphatic rings. The van der Waals surface area contributed by atoms with Gasteiger partial charge in [-0.3, -0.25) is 0 Å². The van der Waals surface area contributed by atoms with Crippen molar-refractivity contribution in [1.82, 2.24) is 0 Å².